The lowest BCUT2D eigenvalue weighted by atomic mass is 10.1. The maximum atomic E-state index is 10.8. The van der Waals surface area contributed by atoms with E-state index < -0.39 is 0 Å². The van der Waals surface area contributed by atoms with Crippen LogP contribution in [0, 0.1) is 0 Å². The minimum absolute atomic E-state index is 0.0811. The third-order valence-electron chi connectivity index (χ3n) is 2.12. The SMILES string of the molecule is C=CC(=O)NCC1CCCCN1. The van der Waals surface area contributed by atoms with Gasteiger partial charge in [-0.25, -0.2) is 0 Å². The third kappa shape index (κ3) is 3.05. The molecule has 0 radical (unpaired) electrons. The molecule has 3 nitrogen and oxygen atoms in total. The van der Waals surface area contributed by atoms with Gasteiger partial charge in [-0.05, 0) is 25.5 Å². The van der Waals surface area contributed by atoms with Gasteiger partial charge in [-0.1, -0.05) is 13.0 Å². The van der Waals surface area contributed by atoms with Crippen molar-refractivity contribution in [3.63, 3.8) is 0 Å². The Bertz CT molecular complexity index is 162. The summed E-state index contributed by atoms with van der Waals surface area (Å²) in [5.74, 6) is -0.0811. The van der Waals surface area contributed by atoms with Gasteiger partial charge in [0.25, 0.3) is 0 Å². The van der Waals surface area contributed by atoms with Gasteiger partial charge in [0.2, 0.25) is 5.91 Å². The zero-order valence-corrected chi connectivity index (χ0v) is 7.31. The van der Waals surface area contributed by atoms with E-state index in [1.807, 2.05) is 0 Å². The van der Waals surface area contributed by atoms with E-state index in [9.17, 15) is 4.79 Å². The van der Waals surface area contributed by atoms with Crippen molar-refractivity contribution in [2.45, 2.75) is 25.3 Å². The molecule has 1 aliphatic heterocycles. The van der Waals surface area contributed by atoms with Gasteiger partial charge in [0.15, 0.2) is 0 Å². The summed E-state index contributed by atoms with van der Waals surface area (Å²) in [6.45, 7) is 5.20. The van der Waals surface area contributed by atoms with Gasteiger partial charge >= 0.3 is 0 Å². The highest BCUT2D eigenvalue weighted by atomic mass is 16.1. The Morgan fingerprint density at radius 3 is 3.08 bits per heavy atom. The zero-order valence-electron chi connectivity index (χ0n) is 7.31. The topological polar surface area (TPSA) is 41.1 Å². The summed E-state index contributed by atoms with van der Waals surface area (Å²) in [6.07, 6.45) is 4.99. The molecule has 0 saturated carbocycles. The van der Waals surface area contributed by atoms with Crippen molar-refractivity contribution in [2.24, 2.45) is 0 Å². The first-order chi connectivity index (χ1) is 5.83. The van der Waals surface area contributed by atoms with Gasteiger partial charge < -0.3 is 10.6 Å². The first-order valence-electron chi connectivity index (χ1n) is 4.46. The quantitative estimate of drug-likeness (QED) is 0.600. The first-order valence-corrected chi connectivity index (χ1v) is 4.46. The molecule has 1 atom stereocenters. The standard InChI is InChI=1S/C9H16N2O/c1-2-9(12)11-7-8-5-3-4-6-10-8/h2,8,10H,1,3-7H2,(H,11,12). The monoisotopic (exact) mass is 168 g/mol. The number of piperidine rings is 1. The Morgan fingerprint density at radius 1 is 1.67 bits per heavy atom. The molecule has 1 aliphatic rings. The lowest BCUT2D eigenvalue weighted by Gasteiger charge is -2.23. The molecule has 1 unspecified atom stereocenters. The summed E-state index contributed by atoms with van der Waals surface area (Å²) >= 11 is 0. The lowest BCUT2D eigenvalue weighted by molar-refractivity contribution is -0.116. The van der Waals surface area contributed by atoms with Crippen LogP contribution in [-0.4, -0.2) is 25.0 Å². The third-order valence-corrected chi connectivity index (χ3v) is 2.12. The van der Waals surface area contributed by atoms with Crippen LogP contribution in [0.2, 0.25) is 0 Å². The molecule has 12 heavy (non-hydrogen) atoms. The second-order valence-electron chi connectivity index (χ2n) is 3.10. The molecule has 1 heterocycles. The molecular weight excluding hydrogens is 152 g/mol. The fourth-order valence-electron chi connectivity index (χ4n) is 1.39. The Balaban J connectivity index is 2.12. The van der Waals surface area contributed by atoms with Crippen LogP contribution in [0.15, 0.2) is 12.7 Å². The number of carbonyl (C=O) groups is 1. The normalized spacial score (nSPS) is 23.2. The fourth-order valence-corrected chi connectivity index (χ4v) is 1.39. The van der Waals surface area contributed by atoms with Crippen LogP contribution >= 0.6 is 0 Å². The Hall–Kier alpha value is -0.830. The number of nitrogens with one attached hydrogen (secondary N) is 2. The molecule has 1 saturated heterocycles. The number of carbonyl (C=O) groups excluding carboxylic acids is 1. The van der Waals surface area contributed by atoms with Gasteiger partial charge in [0.05, 0.1) is 0 Å². The second-order valence-corrected chi connectivity index (χ2v) is 3.10. The molecule has 3 heteroatoms. The molecule has 1 rings (SSSR count). The molecular formula is C9H16N2O. The van der Waals surface area contributed by atoms with Crippen molar-refractivity contribution in [1.29, 1.82) is 0 Å². The van der Waals surface area contributed by atoms with E-state index in [1.165, 1.54) is 18.9 Å². The van der Waals surface area contributed by atoms with Gasteiger partial charge in [-0.3, -0.25) is 4.79 Å². The summed E-state index contributed by atoms with van der Waals surface area (Å²) in [7, 11) is 0. The van der Waals surface area contributed by atoms with Crippen molar-refractivity contribution < 1.29 is 4.79 Å². The van der Waals surface area contributed by atoms with Crippen LogP contribution in [-0.2, 0) is 4.79 Å². The number of amides is 1. The summed E-state index contributed by atoms with van der Waals surface area (Å²) < 4.78 is 0. The summed E-state index contributed by atoms with van der Waals surface area (Å²) in [5.41, 5.74) is 0. The largest absolute Gasteiger partial charge is 0.351 e. The highest BCUT2D eigenvalue weighted by Gasteiger charge is 2.11. The van der Waals surface area contributed by atoms with E-state index in [4.69, 9.17) is 0 Å². The zero-order chi connectivity index (χ0) is 8.81. The first kappa shape index (κ1) is 9.26. The molecule has 1 amide bonds. The second kappa shape index (κ2) is 4.93. The van der Waals surface area contributed by atoms with Crippen LogP contribution in [0.1, 0.15) is 19.3 Å². The van der Waals surface area contributed by atoms with Gasteiger partial charge in [-0.2, -0.15) is 0 Å². The smallest absolute Gasteiger partial charge is 0.243 e. The van der Waals surface area contributed by atoms with Crippen molar-refractivity contribution >= 4 is 5.91 Å². The summed E-state index contributed by atoms with van der Waals surface area (Å²) in [4.78, 5) is 10.8. The Labute approximate surface area is 73.2 Å². The number of rotatable bonds is 3. The van der Waals surface area contributed by atoms with Crippen molar-refractivity contribution in [2.75, 3.05) is 13.1 Å². The molecule has 0 aromatic rings. The van der Waals surface area contributed by atoms with Crippen LogP contribution in [0.25, 0.3) is 0 Å². The maximum absolute atomic E-state index is 10.8. The van der Waals surface area contributed by atoms with Crippen molar-refractivity contribution in [1.82, 2.24) is 10.6 Å². The predicted molar refractivity (Wildman–Crippen MR) is 48.8 cm³/mol. The van der Waals surface area contributed by atoms with E-state index in [1.54, 1.807) is 0 Å². The Kier molecular flexibility index (Phi) is 3.80. The minimum Gasteiger partial charge on any atom is -0.351 e. The molecule has 0 bridgehead atoms. The molecule has 0 aliphatic carbocycles. The molecule has 0 aromatic carbocycles. The lowest BCUT2D eigenvalue weighted by Crippen LogP contribution is -2.43. The highest BCUT2D eigenvalue weighted by molar-refractivity contribution is 5.86. The van der Waals surface area contributed by atoms with Gasteiger partial charge in [0, 0.05) is 12.6 Å². The number of hydrogen-bond acceptors (Lipinski definition) is 2. The summed E-state index contributed by atoms with van der Waals surface area (Å²) in [6, 6.07) is 0.461. The summed E-state index contributed by atoms with van der Waals surface area (Å²) in [5, 5.41) is 6.13. The predicted octanol–water partition coefficient (Wildman–Crippen LogP) is 0.431. The van der Waals surface area contributed by atoms with Gasteiger partial charge in [0.1, 0.15) is 0 Å². The van der Waals surface area contributed by atoms with Crippen LogP contribution in [0.4, 0.5) is 0 Å². The maximum Gasteiger partial charge on any atom is 0.243 e. The molecule has 68 valence electrons. The highest BCUT2D eigenvalue weighted by Crippen LogP contribution is 2.05. The van der Waals surface area contributed by atoms with Crippen molar-refractivity contribution in [3.8, 4) is 0 Å². The van der Waals surface area contributed by atoms with E-state index in [0.29, 0.717) is 6.04 Å². The number of hydrogen-bond donors (Lipinski definition) is 2. The minimum atomic E-state index is -0.0811. The molecule has 0 aromatic heterocycles. The van der Waals surface area contributed by atoms with Crippen LogP contribution in [0.3, 0.4) is 0 Å². The molecule has 1 fully saturated rings. The fraction of sp³-hybridized carbons (Fsp3) is 0.667. The van der Waals surface area contributed by atoms with Crippen LogP contribution in [0.5, 0.6) is 0 Å². The average molecular weight is 168 g/mol. The van der Waals surface area contributed by atoms with Gasteiger partial charge in [-0.15, -0.1) is 0 Å². The average Bonchev–Trinajstić information content (AvgIpc) is 2.16. The van der Waals surface area contributed by atoms with Crippen LogP contribution < -0.4 is 10.6 Å². The Morgan fingerprint density at radius 2 is 2.50 bits per heavy atom. The molecule has 2 N–H and O–H groups in total. The van der Waals surface area contributed by atoms with E-state index in [-0.39, 0.29) is 5.91 Å². The van der Waals surface area contributed by atoms with E-state index in [0.717, 1.165) is 19.5 Å². The van der Waals surface area contributed by atoms with E-state index in [2.05, 4.69) is 17.2 Å². The van der Waals surface area contributed by atoms with E-state index >= 15 is 0 Å². The molecule has 0 spiro atoms. The van der Waals surface area contributed by atoms with Crippen molar-refractivity contribution in [3.05, 3.63) is 12.7 Å².